The van der Waals surface area contributed by atoms with Crippen LogP contribution in [0, 0.1) is 11.3 Å². The molecule has 33 heavy (non-hydrogen) atoms. The van der Waals surface area contributed by atoms with E-state index < -0.39 is 5.92 Å². The van der Waals surface area contributed by atoms with Gasteiger partial charge in [-0.2, -0.15) is 5.26 Å². The molecule has 0 spiro atoms. The topological polar surface area (TPSA) is 125 Å². The minimum absolute atomic E-state index is 0.0191. The summed E-state index contributed by atoms with van der Waals surface area (Å²) in [6.45, 7) is 4.97. The number of aromatic amines is 1. The van der Waals surface area contributed by atoms with Crippen molar-refractivity contribution in [1.29, 1.82) is 5.26 Å². The van der Waals surface area contributed by atoms with Gasteiger partial charge in [0.1, 0.15) is 11.6 Å². The Balaban J connectivity index is 1.67. The molecule has 0 bridgehead atoms. The Morgan fingerprint density at radius 3 is 2.67 bits per heavy atom. The van der Waals surface area contributed by atoms with Crippen LogP contribution in [0.15, 0.2) is 47.9 Å². The van der Waals surface area contributed by atoms with Gasteiger partial charge in [-0.1, -0.05) is 6.07 Å². The molecule has 3 N–H and O–H groups in total. The van der Waals surface area contributed by atoms with Crippen molar-refractivity contribution in [1.82, 2.24) is 10.2 Å². The number of rotatable bonds is 6. The number of fused-ring (bicyclic) bond motifs is 2. The van der Waals surface area contributed by atoms with E-state index in [1.807, 2.05) is 50.2 Å². The summed E-state index contributed by atoms with van der Waals surface area (Å²) in [6, 6.07) is 13.4. The zero-order valence-electron chi connectivity index (χ0n) is 18.2. The second kappa shape index (κ2) is 8.31. The van der Waals surface area contributed by atoms with Crippen LogP contribution in [0.4, 0.5) is 0 Å². The lowest BCUT2D eigenvalue weighted by Crippen LogP contribution is -2.21. The third-order valence-electron chi connectivity index (χ3n) is 5.50. The van der Waals surface area contributed by atoms with Crippen LogP contribution in [0.5, 0.6) is 28.9 Å². The fraction of sp³-hybridized carbons (Fsp3) is 0.250. The van der Waals surface area contributed by atoms with Crippen LogP contribution in [-0.2, 0) is 0 Å². The molecule has 0 saturated carbocycles. The van der Waals surface area contributed by atoms with E-state index in [1.54, 1.807) is 0 Å². The predicted octanol–water partition coefficient (Wildman–Crippen LogP) is 3.82. The lowest BCUT2D eigenvalue weighted by Gasteiger charge is -2.25. The monoisotopic (exact) mass is 446 g/mol. The lowest BCUT2D eigenvalue weighted by atomic mass is 9.83. The number of nitrogens with zero attached hydrogens (tertiary/aromatic N) is 2. The fourth-order valence-corrected chi connectivity index (χ4v) is 4.10. The van der Waals surface area contributed by atoms with Crippen LogP contribution in [0.3, 0.4) is 0 Å². The van der Waals surface area contributed by atoms with Gasteiger partial charge in [0.05, 0.1) is 30.4 Å². The summed E-state index contributed by atoms with van der Waals surface area (Å²) in [5, 5.41) is 17.3. The number of ether oxygens (including phenoxy) is 5. The van der Waals surface area contributed by atoms with E-state index in [-0.39, 0.29) is 18.2 Å². The van der Waals surface area contributed by atoms with Crippen molar-refractivity contribution in [2.24, 2.45) is 5.73 Å². The van der Waals surface area contributed by atoms with Crippen molar-refractivity contribution in [3.8, 4) is 46.2 Å². The molecule has 0 fully saturated rings. The molecular formula is C24H22N4O5. The minimum atomic E-state index is -0.521. The number of aromatic nitrogens is 2. The van der Waals surface area contributed by atoms with E-state index in [0.29, 0.717) is 53.3 Å². The summed E-state index contributed by atoms with van der Waals surface area (Å²) >= 11 is 0. The number of hydrogen-bond donors (Lipinski definition) is 2. The minimum Gasteiger partial charge on any atom is -0.490 e. The highest BCUT2D eigenvalue weighted by molar-refractivity contribution is 5.73. The van der Waals surface area contributed by atoms with Crippen LogP contribution < -0.4 is 29.4 Å². The summed E-state index contributed by atoms with van der Waals surface area (Å²) in [5.41, 5.74) is 9.42. The first kappa shape index (κ1) is 20.6. The smallest absolute Gasteiger partial charge is 0.244 e. The Bertz CT molecular complexity index is 1290. The van der Waals surface area contributed by atoms with E-state index in [4.69, 9.17) is 29.4 Å². The summed E-state index contributed by atoms with van der Waals surface area (Å²) in [4.78, 5) is 0. The first-order valence-corrected chi connectivity index (χ1v) is 10.6. The highest BCUT2D eigenvalue weighted by Gasteiger charge is 2.36. The number of H-pyrrole nitrogens is 1. The van der Waals surface area contributed by atoms with Crippen LogP contribution in [0.25, 0.3) is 11.3 Å². The molecule has 3 aromatic rings. The number of hydrogen-bond acceptors (Lipinski definition) is 8. The molecule has 2 aliphatic rings. The van der Waals surface area contributed by atoms with E-state index in [0.717, 1.165) is 11.1 Å². The average molecular weight is 446 g/mol. The van der Waals surface area contributed by atoms with Crippen molar-refractivity contribution in [3.05, 3.63) is 59.0 Å². The maximum absolute atomic E-state index is 9.97. The van der Waals surface area contributed by atoms with Gasteiger partial charge in [-0.3, -0.25) is 5.10 Å². The summed E-state index contributed by atoms with van der Waals surface area (Å²) < 4.78 is 28.2. The van der Waals surface area contributed by atoms with Crippen LogP contribution in [-0.4, -0.2) is 30.2 Å². The summed E-state index contributed by atoms with van der Waals surface area (Å²) in [7, 11) is 0. The average Bonchev–Trinajstić information content (AvgIpc) is 3.46. The predicted molar refractivity (Wildman–Crippen MR) is 118 cm³/mol. The van der Waals surface area contributed by atoms with Crippen molar-refractivity contribution in [2.45, 2.75) is 19.8 Å². The largest absolute Gasteiger partial charge is 0.490 e. The Morgan fingerprint density at radius 1 is 1.09 bits per heavy atom. The first-order valence-electron chi connectivity index (χ1n) is 10.6. The molecule has 1 atom stereocenters. The molecule has 0 unspecified atom stereocenters. The second-order valence-corrected chi connectivity index (χ2v) is 7.38. The molecule has 0 radical (unpaired) electrons. The third-order valence-corrected chi connectivity index (χ3v) is 5.50. The second-order valence-electron chi connectivity index (χ2n) is 7.38. The quantitative estimate of drug-likeness (QED) is 0.585. The Labute approximate surface area is 190 Å². The summed E-state index contributed by atoms with van der Waals surface area (Å²) in [6.07, 6.45) is 0. The van der Waals surface area contributed by atoms with Crippen molar-refractivity contribution >= 4 is 0 Å². The molecule has 0 aliphatic carbocycles. The molecule has 168 valence electrons. The van der Waals surface area contributed by atoms with Gasteiger partial charge in [-0.25, -0.2) is 0 Å². The molecule has 5 rings (SSSR count). The van der Waals surface area contributed by atoms with Gasteiger partial charge in [0.25, 0.3) is 0 Å². The normalized spacial score (nSPS) is 16.1. The third kappa shape index (κ3) is 3.46. The number of benzene rings is 2. The van der Waals surface area contributed by atoms with Gasteiger partial charge in [0.15, 0.2) is 23.0 Å². The van der Waals surface area contributed by atoms with Gasteiger partial charge >= 0.3 is 0 Å². The number of allylic oxidation sites excluding steroid dienone is 1. The highest BCUT2D eigenvalue weighted by Crippen LogP contribution is 2.48. The molecule has 0 amide bonds. The molecule has 2 aromatic carbocycles. The molecule has 0 saturated heterocycles. The van der Waals surface area contributed by atoms with Crippen LogP contribution in [0.1, 0.15) is 30.9 Å². The Morgan fingerprint density at radius 2 is 1.88 bits per heavy atom. The Kier molecular flexibility index (Phi) is 5.18. The maximum atomic E-state index is 9.97. The van der Waals surface area contributed by atoms with E-state index >= 15 is 0 Å². The summed E-state index contributed by atoms with van der Waals surface area (Å²) in [5.74, 6) is 2.35. The SMILES string of the molecule is CCOc1ccc([C@@H]2C(C#N)=C(N)Oc3n[nH]c(-c4ccc5c(c4)OCO5)c32)cc1OCC. The Hall–Kier alpha value is -4.32. The van der Waals surface area contributed by atoms with Gasteiger partial charge in [0, 0.05) is 5.56 Å². The molecule has 9 nitrogen and oxygen atoms in total. The highest BCUT2D eigenvalue weighted by atomic mass is 16.7. The maximum Gasteiger partial charge on any atom is 0.244 e. The van der Waals surface area contributed by atoms with Gasteiger partial charge in [-0.05, 0) is 49.7 Å². The van der Waals surface area contributed by atoms with Gasteiger partial charge in [0.2, 0.25) is 18.6 Å². The fourth-order valence-electron chi connectivity index (χ4n) is 4.10. The number of nitrogens with one attached hydrogen (secondary N) is 1. The molecular weight excluding hydrogens is 424 g/mol. The zero-order chi connectivity index (χ0) is 22.9. The van der Waals surface area contributed by atoms with E-state index in [9.17, 15) is 5.26 Å². The standard InChI is InChI=1S/C24H22N4O5/c1-3-29-16-7-5-13(9-18(16)30-4-2)20-15(11-25)23(26)33-24-21(20)22(27-28-24)14-6-8-17-19(10-14)32-12-31-17/h5-10,20H,3-4,12,26H2,1-2H3,(H,27,28)/t20-/m1/s1. The lowest BCUT2D eigenvalue weighted by molar-refractivity contribution is 0.174. The molecule has 2 aliphatic heterocycles. The molecule has 1 aromatic heterocycles. The van der Waals surface area contributed by atoms with E-state index in [2.05, 4.69) is 16.3 Å². The first-order chi connectivity index (χ1) is 16.1. The van der Waals surface area contributed by atoms with Crippen LogP contribution >= 0.6 is 0 Å². The molecule has 3 heterocycles. The van der Waals surface area contributed by atoms with E-state index in [1.165, 1.54) is 0 Å². The van der Waals surface area contributed by atoms with Crippen molar-refractivity contribution < 1.29 is 23.7 Å². The number of nitrogens with two attached hydrogens (primary N) is 1. The van der Waals surface area contributed by atoms with Gasteiger partial charge in [-0.15, -0.1) is 5.10 Å². The van der Waals surface area contributed by atoms with Crippen molar-refractivity contribution in [2.75, 3.05) is 20.0 Å². The van der Waals surface area contributed by atoms with Crippen molar-refractivity contribution in [3.63, 3.8) is 0 Å². The zero-order valence-corrected chi connectivity index (χ0v) is 18.2. The molecule has 9 heteroatoms. The van der Waals surface area contributed by atoms with Gasteiger partial charge < -0.3 is 29.4 Å². The number of nitriles is 1. The van der Waals surface area contributed by atoms with Crippen LogP contribution in [0.2, 0.25) is 0 Å².